The molecule has 1 aliphatic heterocycles. The summed E-state index contributed by atoms with van der Waals surface area (Å²) in [5, 5.41) is 20.0. The van der Waals surface area contributed by atoms with E-state index in [1.54, 1.807) is 12.3 Å². The third kappa shape index (κ3) is 6.60. The van der Waals surface area contributed by atoms with Crippen molar-refractivity contribution in [2.24, 2.45) is 0 Å². The summed E-state index contributed by atoms with van der Waals surface area (Å²) in [5.41, 5.74) is 1.89. The number of aliphatic carboxylic acids is 1. The van der Waals surface area contributed by atoms with Crippen LogP contribution >= 0.6 is 0 Å². The van der Waals surface area contributed by atoms with E-state index in [1.165, 1.54) is 12.1 Å². The van der Waals surface area contributed by atoms with Gasteiger partial charge in [0.2, 0.25) is 0 Å². The molecule has 1 aliphatic carbocycles. The Balaban J connectivity index is 0.000000426. The van der Waals surface area contributed by atoms with Crippen molar-refractivity contribution in [3.8, 4) is 6.07 Å². The van der Waals surface area contributed by atoms with Crippen LogP contribution in [-0.4, -0.2) is 69.3 Å². The third-order valence-corrected chi connectivity index (χ3v) is 5.91. The number of piperazine rings is 1. The zero-order valence-corrected chi connectivity index (χ0v) is 19.8. The van der Waals surface area contributed by atoms with Crippen molar-refractivity contribution in [2.45, 2.75) is 31.6 Å². The lowest BCUT2D eigenvalue weighted by Gasteiger charge is -2.36. The van der Waals surface area contributed by atoms with Gasteiger partial charge in [-0.2, -0.15) is 18.4 Å². The average Bonchev–Trinajstić information content (AvgIpc) is 3.69. The molecular formula is C24H22F5N7O2. The van der Waals surface area contributed by atoms with E-state index in [-0.39, 0.29) is 5.69 Å². The molecule has 2 fully saturated rings. The maximum atomic E-state index is 14.0. The van der Waals surface area contributed by atoms with Crippen molar-refractivity contribution in [1.29, 1.82) is 5.26 Å². The minimum absolute atomic E-state index is 0.259. The van der Waals surface area contributed by atoms with Crippen LogP contribution in [0.1, 0.15) is 24.1 Å². The third-order valence-electron chi connectivity index (χ3n) is 5.91. The second-order valence-corrected chi connectivity index (χ2v) is 8.76. The number of hydrogen-bond acceptors (Lipinski definition) is 8. The number of hydrogen-bond donors (Lipinski definition) is 2. The lowest BCUT2D eigenvalue weighted by Crippen LogP contribution is -2.46. The largest absolute Gasteiger partial charge is 0.490 e. The molecule has 38 heavy (non-hydrogen) atoms. The normalized spacial score (nSPS) is 15.9. The molecule has 9 nitrogen and oxygen atoms in total. The summed E-state index contributed by atoms with van der Waals surface area (Å²) in [6, 6.07) is 7.98. The lowest BCUT2D eigenvalue weighted by molar-refractivity contribution is -0.192. The number of nitriles is 1. The van der Waals surface area contributed by atoms with Gasteiger partial charge in [0.25, 0.3) is 0 Å². The molecule has 5 rings (SSSR count). The molecule has 0 radical (unpaired) electrons. The molecule has 14 heteroatoms. The van der Waals surface area contributed by atoms with Crippen LogP contribution < -0.4 is 10.2 Å². The van der Waals surface area contributed by atoms with E-state index in [1.807, 2.05) is 0 Å². The highest BCUT2D eigenvalue weighted by atomic mass is 19.4. The van der Waals surface area contributed by atoms with Crippen LogP contribution in [0.2, 0.25) is 0 Å². The van der Waals surface area contributed by atoms with Crippen LogP contribution in [0.15, 0.2) is 30.5 Å². The minimum Gasteiger partial charge on any atom is -0.475 e. The van der Waals surface area contributed by atoms with E-state index >= 15 is 0 Å². The molecule has 2 aromatic heterocycles. The highest BCUT2D eigenvalue weighted by molar-refractivity contribution is 5.84. The number of anilines is 2. The summed E-state index contributed by atoms with van der Waals surface area (Å²) >= 11 is 0. The fraction of sp³-hybridized carbons (Fsp3) is 0.375. The summed E-state index contributed by atoms with van der Waals surface area (Å²) in [6.45, 7) is 3.21. The van der Waals surface area contributed by atoms with Gasteiger partial charge in [0.05, 0.1) is 5.52 Å². The van der Waals surface area contributed by atoms with Gasteiger partial charge in [-0.05, 0) is 25.0 Å². The first-order valence-electron chi connectivity index (χ1n) is 11.6. The van der Waals surface area contributed by atoms with E-state index in [0.29, 0.717) is 55.4 Å². The van der Waals surface area contributed by atoms with Gasteiger partial charge in [-0.1, -0.05) is 6.07 Å². The van der Waals surface area contributed by atoms with Gasteiger partial charge in [0.15, 0.2) is 17.3 Å². The number of aromatic nitrogens is 3. The number of alkyl halides is 3. The smallest absolute Gasteiger partial charge is 0.475 e. The molecule has 2 N–H and O–H groups in total. The molecule has 200 valence electrons. The summed E-state index contributed by atoms with van der Waals surface area (Å²) < 4.78 is 58.9. The first-order chi connectivity index (χ1) is 18.0. The van der Waals surface area contributed by atoms with Crippen LogP contribution in [0.25, 0.3) is 11.0 Å². The minimum atomic E-state index is -5.08. The second-order valence-electron chi connectivity index (χ2n) is 8.76. The average molecular weight is 535 g/mol. The number of fused-ring (bicyclic) bond motifs is 1. The Morgan fingerprint density at radius 3 is 2.39 bits per heavy atom. The van der Waals surface area contributed by atoms with Crippen LogP contribution in [0, 0.1) is 23.0 Å². The van der Waals surface area contributed by atoms with Gasteiger partial charge in [0, 0.05) is 56.6 Å². The van der Waals surface area contributed by atoms with Gasteiger partial charge in [0.1, 0.15) is 23.2 Å². The highest BCUT2D eigenvalue weighted by Crippen LogP contribution is 2.31. The molecule has 1 saturated heterocycles. The van der Waals surface area contributed by atoms with Crippen molar-refractivity contribution in [2.75, 3.05) is 36.4 Å². The predicted octanol–water partition coefficient (Wildman–Crippen LogP) is 3.70. The van der Waals surface area contributed by atoms with Crippen molar-refractivity contribution >= 4 is 28.6 Å². The van der Waals surface area contributed by atoms with Crippen molar-refractivity contribution in [3.05, 3.63) is 53.4 Å². The number of carboxylic acid groups (broad SMARTS) is 1. The zero-order valence-electron chi connectivity index (χ0n) is 19.8. The van der Waals surface area contributed by atoms with Crippen LogP contribution in [0.5, 0.6) is 0 Å². The maximum Gasteiger partial charge on any atom is 0.490 e. The Bertz CT molecular complexity index is 1370. The topological polar surface area (TPSA) is 118 Å². The Hall–Kier alpha value is -4.12. The van der Waals surface area contributed by atoms with Gasteiger partial charge < -0.3 is 15.3 Å². The highest BCUT2D eigenvalue weighted by Gasteiger charge is 2.38. The fourth-order valence-corrected chi connectivity index (χ4v) is 3.80. The number of rotatable bonds is 5. The van der Waals surface area contributed by atoms with Gasteiger partial charge in [-0.3, -0.25) is 4.90 Å². The quantitative estimate of drug-likeness (QED) is 0.472. The number of benzene rings is 1. The Morgan fingerprint density at radius 2 is 1.82 bits per heavy atom. The van der Waals surface area contributed by atoms with Crippen molar-refractivity contribution in [3.63, 3.8) is 0 Å². The SMILES string of the molecule is N#Cc1nccc2nc(NC3CC3)c(N3CCN(Cc4ccc(F)cc4F)CC3)nc12.O=C(O)C(F)(F)F. The summed E-state index contributed by atoms with van der Waals surface area (Å²) in [6.07, 6.45) is -1.30. The molecule has 1 saturated carbocycles. The Kier molecular flexibility index (Phi) is 7.86. The molecule has 3 aromatic rings. The second kappa shape index (κ2) is 11.1. The van der Waals surface area contributed by atoms with Crippen LogP contribution in [0.3, 0.4) is 0 Å². The van der Waals surface area contributed by atoms with E-state index in [4.69, 9.17) is 19.9 Å². The summed E-state index contributed by atoms with van der Waals surface area (Å²) in [4.78, 5) is 26.8. The first kappa shape index (κ1) is 26.9. The number of nitrogens with one attached hydrogen (secondary N) is 1. The van der Waals surface area contributed by atoms with Crippen LogP contribution in [-0.2, 0) is 11.3 Å². The number of nitrogens with zero attached hydrogens (tertiary/aromatic N) is 6. The number of carboxylic acids is 1. The molecule has 0 unspecified atom stereocenters. The standard InChI is InChI=1S/C22H21F2N7.C2HF3O2/c23-15-2-1-14(17(24)11-15)13-30-7-9-31(10-8-30)22-21(27-16-3-4-16)28-18-5-6-26-19(12-25)20(18)29-22;3-2(4,5)1(6)7/h1-2,5-6,11,16H,3-4,7-10,13H2,(H,27,28);(H,6,7). The lowest BCUT2D eigenvalue weighted by atomic mass is 10.1. The first-order valence-corrected chi connectivity index (χ1v) is 11.6. The van der Waals surface area contributed by atoms with Gasteiger partial charge in [-0.15, -0.1) is 0 Å². The van der Waals surface area contributed by atoms with Crippen molar-refractivity contribution in [1.82, 2.24) is 19.9 Å². The van der Waals surface area contributed by atoms with E-state index in [9.17, 15) is 27.2 Å². The predicted molar refractivity (Wildman–Crippen MR) is 126 cm³/mol. The number of halogens is 5. The fourth-order valence-electron chi connectivity index (χ4n) is 3.80. The Labute approximate surface area is 213 Å². The molecule has 1 aromatic carbocycles. The summed E-state index contributed by atoms with van der Waals surface area (Å²) in [5.74, 6) is -2.40. The maximum absolute atomic E-state index is 14.0. The molecule has 0 spiro atoms. The molecular weight excluding hydrogens is 513 g/mol. The monoisotopic (exact) mass is 535 g/mol. The molecule has 3 heterocycles. The number of pyridine rings is 1. The number of carbonyl (C=O) groups is 1. The Morgan fingerprint density at radius 1 is 1.13 bits per heavy atom. The van der Waals surface area contributed by atoms with E-state index in [2.05, 4.69) is 26.2 Å². The van der Waals surface area contributed by atoms with Crippen molar-refractivity contribution < 1.29 is 31.9 Å². The molecule has 0 bridgehead atoms. The summed E-state index contributed by atoms with van der Waals surface area (Å²) in [7, 11) is 0. The van der Waals surface area contributed by atoms with Crippen LogP contribution in [0.4, 0.5) is 33.6 Å². The zero-order chi connectivity index (χ0) is 27.4. The molecule has 0 atom stereocenters. The van der Waals surface area contributed by atoms with Gasteiger partial charge in [-0.25, -0.2) is 28.5 Å². The van der Waals surface area contributed by atoms with E-state index < -0.39 is 23.8 Å². The molecule has 2 aliphatic rings. The molecule has 0 amide bonds. The van der Waals surface area contributed by atoms with Gasteiger partial charge >= 0.3 is 12.1 Å². The van der Waals surface area contributed by atoms with E-state index in [0.717, 1.165) is 30.5 Å².